The van der Waals surface area contributed by atoms with E-state index in [0.717, 1.165) is 52.4 Å². The van der Waals surface area contributed by atoms with Gasteiger partial charge in [0.1, 0.15) is 5.82 Å². The minimum atomic E-state index is 0.754. The zero-order valence-corrected chi connectivity index (χ0v) is 14.3. The molecule has 0 bridgehead atoms. The average molecular weight is 385 g/mol. The molecule has 2 rings (SSSR count). The number of nitrogens with one attached hydrogen (secondary N) is 1. The van der Waals surface area contributed by atoms with Gasteiger partial charge in [-0.1, -0.05) is 13.3 Å². The molecule has 0 radical (unpaired) electrons. The van der Waals surface area contributed by atoms with Crippen molar-refractivity contribution in [3.05, 3.63) is 21.7 Å². The minimum absolute atomic E-state index is 0.754. The highest BCUT2D eigenvalue weighted by molar-refractivity contribution is 14.1. The van der Waals surface area contributed by atoms with Crippen LogP contribution in [0.5, 0.6) is 0 Å². The molecule has 0 unspecified atom stereocenters. The van der Waals surface area contributed by atoms with Crippen LogP contribution in [0.3, 0.4) is 0 Å². The van der Waals surface area contributed by atoms with Crippen molar-refractivity contribution in [3.63, 3.8) is 0 Å². The Morgan fingerprint density at radius 1 is 1.25 bits per heavy atom. The number of anilines is 1. The molecule has 0 aliphatic rings. The fourth-order valence-corrected chi connectivity index (χ4v) is 2.66. The summed E-state index contributed by atoms with van der Waals surface area (Å²) in [4.78, 5) is 9.35. The van der Waals surface area contributed by atoms with Crippen molar-refractivity contribution in [2.75, 3.05) is 11.9 Å². The lowest BCUT2D eigenvalue weighted by Crippen LogP contribution is -2.08. The third-order valence-electron chi connectivity index (χ3n) is 2.97. The van der Waals surface area contributed by atoms with Gasteiger partial charge in [-0.05, 0) is 42.9 Å². The van der Waals surface area contributed by atoms with E-state index in [2.05, 4.69) is 58.8 Å². The molecule has 6 heteroatoms. The smallest absolute Gasteiger partial charge is 0.165 e. The molecule has 0 aliphatic heterocycles. The molecule has 0 aliphatic carbocycles. The van der Waals surface area contributed by atoms with Gasteiger partial charge in [-0.25, -0.2) is 9.97 Å². The quantitative estimate of drug-likeness (QED) is 0.775. The highest BCUT2D eigenvalue weighted by atomic mass is 127. The molecule has 0 spiro atoms. The zero-order valence-electron chi connectivity index (χ0n) is 12.1. The van der Waals surface area contributed by atoms with Crippen molar-refractivity contribution in [2.45, 2.75) is 40.2 Å². The predicted molar refractivity (Wildman–Crippen MR) is 89.8 cm³/mol. The first-order chi connectivity index (χ1) is 9.69. The molecule has 108 valence electrons. The Kier molecular flexibility index (Phi) is 5.33. The lowest BCUT2D eigenvalue weighted by molar-refractivity contribution is 0.660. The van der Waals surface area contributed by atoms with Gasteiger partial charge in [0.2, 0.25) is 0 Å². The molecule has 2 aromatic rings. The summed E-state index contributed by atoms with van der Waals surface area (Å²) in [5.74, 6) is 1.68. The average Bonchev–Trinajstić information content (AvgIpc) is 2.92. The van der Waals surface area contributed by atoms with E-state index in [1.54, 1.807) is 0 Å². The van der Waals surface area contributed by atoms with Gasteiger partial charge >= 0.3 is 0 Å². The number of aryl methyl sites for hydroxylation is 2. The van der Waals surface area contributed by atoms with Gasteiger partial charge in [-0.2, -0.15) is 5.10 Å². The van der Waals surface area contributed by atoms with E-state index < -0.39 is 0 Å². The molecule has 0 aromatic carbocycles. The highest BCUT2D eigenvalue weighted by Gasteiger charge is 2.13. The van der Waals surface area contributed by atoms with E-state index in [0.29, 0.717) is 0 Å². The van der Waals surface area contributed by atoms with Gasteiger partial charge in [-0.15, -0.1) is 0 Å². The normalized spacial score (nSPS) is 10.8. The zero-order chi connectivity index (χ0) is 14.5. The predicted octanol–water partition coefficient (Wildman–Crippen LogP) is 3.35. The van der Waals surface area contributed by atoms with Crippen molar-refractivity contribution >= 4 is 28.4 Å². The first kappa shape index (κ1) is 15.2. The van der Waals surface area contributed by atoms with Crippen LogP contribution in [0.15, 0.2) is 12.4 Å². The van der Waals surface area contributed by atoms with Crippen molar-refractivity contribution in [2.24, 2.45) is 0 Å². The van der Waals surface area contributed by atoms with Gasteiger partial charge in [0.25, 0.3) is 0 Å². The Morgan fingerprint density at radius 2 is 2.05 bits per heavy atom. The fraction of sp³-hybridized carbons (Fsp3) is 0.500. The van der Waals surface area contributed by atoms with Gasteiger partial charge in [-0.3, -0.25) is 4.68 Å². The Bertz CT molecular complexity index is 552. The van der Waals surface area contributed by atoms with E-state index in [-0.39, 0.29) is 0 Å². The Morgan fingerprint density at radius 3 is 2.65 bits per heavy atom. The Balaban J connectivity index is 2.46. The lowest BCUT2D eigenvalue weighted by Gasteiger charge is -2.11. The summed E-state index contributed by atoms with van der Waals surface area (Å²) in [5, 5.41) is 7.62. The molecule has 0 saturated heterocycles. The van der Waals surface area contributed by atoms with Crippen LogP contribution in [0, 0.1) is 3.57 Å². The van der Waals surface area contributed by atoms with Crippen LogP contribution in [0.25, 0.3) is 11.4 Å². The maximum absolute atomic E-state index is 4.71. The molecule has 1 N–H and O–H groups in total. The number of hydrogen-bond donors (Lipinski definition) is 1. The summed E-state index contributed by atoms with van der Waals surface area (Å²) < 4.78 is 3.02. The highest BCUT2D eigenvalue weighted by Crippen LogP contribution is 2.24. The first-order valence-electron chi connectivity index (χ1n) is 7.02. The third kappa shape index (κ3) is 3.28. The third-order valence-corrected chi connectivity index (χ3v) is 4.10. The van der Waals surface area contributed by atoms with Gasteiger partial charge in [0.05, 0.1) is 21.0 Å². The van der Waals surface area contributed by atoms with Crippen molar-refractivity contribution in [1.29, 1.82) is 0 Å². The number of aromatic nitrogens is 4. The van der Waals surface area contributed by atoms with Crippen molar-refractivity contribution in [3.8, 4) is 11.4 Å². The van der Waals surface area contributed by atoms with Crippen molar-refractivity contribution < 1.29 is 0 Å². The molecular weight excluding hydrogens is 365 g/mol. The molecule has 20 heavy (non-hydrogen) atoms. The summed E-state index contributed by atoms with van der Waals surface area (Å²) in [5.41, 5.74) is 2.08. The van der Waals surface area contributed by atoms with Crippen LogP contribution in [0.4, 0.5) is 5.82 Å². The van der Waals surface area contributed by atoms with Crippen LogP contribution in [-0.4, -0.2) is 26.3 Å². The first-order valence-corrected chi connectivity index (χ1v) is 8.10. The van der Waals surface area contributed by atoms with Gasteiger partial charge in [0.15, 0.2) is 5.82 Å². The van der Waals surface area contributed by atoms with E-state index >= 15 is 0 Å². The minimum Gasteiger partial charge on any atom is -0.369 e. The summed E-state index contributed by atoms with van der Waals surface area (Å²) in [6.07, 6.45) is 5.87. The molecule has 0 amide bonds. The van der Waals surface area contributed by atoms with Crippen LogP contribution < -0.4 is 5.32 Å². The fourth-order valence-electron chi connectivity index (χ4n) is 1.96. The number of hydrogen-bond acceptors (Lipinski definition) is 4. The second-order valence-corrected chi connectivity index (χ2v) is 5.60. The van der Waals surface area contributed by atoms with E-state index in [1.807, 2.05) is 17.1 Å². The number of rotatable bonds is 6. The van der Waals surface area contributed by atoms with Crippen LogP contribution >= 0.6 is 22.6 Å². The number of halogens is 1. The molecule has 0 fully saturated rings. The summed E-state index contributed by atoms with van der Waals surface area (Å²) in [7, 11) is 0. The Hall–Kier alpha value is -1.18. The summed E-state index contributed by atoms with van der Waals surface area (Å²) >= 11 is 2.33. The number of nitrogens with zero attached hydrogens (tertiary/aromatic N) is 4. The van der Waals surface area contributed by atoms with E-state index in [1.165, 1.54) is 0 Å². The molecule has 0 saturated carbocycles. The molecule has 5 nitrogen and oxygen atoms in total. The Labute approximate surface area is 133 Å². The van der Waals surface area contributed by atoms with Gasteiger partial charge < -0.3 is 5.32 Å². The summed E-state index contributed by atoms with van der Waals surface area (Å²) in [6, 6.07) is 0. The second-order valence-electron chi connectivity index (χ2n) is 4.52. The largest absolute Gasteiger partial charge is 0.369 e. The van der Waals surface area contributed by atoms with Gasteiger partial charge in [0, 0.05) is 19.3 Å². The summed E-state index contributed by atoms with van der Waals surface area (Å²) in [6.45, 7) is 8.02. The van der Waals surface area contributed by atoms with E-state index in [4.69, 9.17) is 4.98 Å². The maximum Gasteiger partial charge on any atom is 0.165 e. The monoisotopic (exact) mass is 385 g/mol. The van der Waals surface area contributed by atoms with Crippen LogP contribution in [0.2, 0.25) is 0 Å². The van der Waals surface area contributed by atoms with Crippen molar-refractivity contribution in [1.82, 2.24) is 19.7 Å². The van der Waals surface area contributed by atoms with E-state index in [9.17, 15) is 0 Å². The SMILES string of the molecule is CCCc1nc(-c2cnn(CC)c2)nc(NCC)c1I. The lowest BCUT2D eigenvalue weighted by atomic mass is 10.2. The van der Waals surface area contributed by atoms with Crippen LogP contribution in [0.1, 0.15) is 32.9 Å². The maximum atomic E-state index is 4.71. The molecule has 2 heterocycles. The standard InChI is InChI=1S/C14H20IN5/c1-4-7-11-12(15)14(16-5-2)19-13(18-11)10-8-17-20(6-3)9-10/h8-9H,4-7H2,1-3H3,(H,16,18,19). The second kappa shape index (κ2) is 7.01. The topological polar surface area (TPSA) is 55.6 Å². The molecular formula is C14H20IN5. The molecule has 0 atom stereocenters. The van der Waals surface area contributed by atoms with Crippen LogP contribution in [-0.2, 0) is 13.0 Å². The molecule has 2 aromatic heterocycles.